The SMILES string of the molecule is NC1CCc2cc(OCC3Cc4ccccc4O3)ccc21. The van der Waals surface area contributed by atoms with Crippen LogP contribution in [0.1, 0.15) is 29.2 Å². The maximum atomic E-state index is 6.06. The van der Waals surface area contributed by atoms with Gasteiger partial charge < -0.3 is 15.2 Å². The molecule has 21 heavy (non-hydrogen) atoms. The number of hydrogen-bond donors (Lipinski definition) is 1. The van der Waals surface area contributed by atoms with E-state index in [0.29, 0.717) is 6.61 Å². The van der Waals surface area contributed by atoms with Gasteiger partial charge >= 0.3 is 0 Å². The lowest BCUT2D eigenvalue weighted by Crippen LogP contribution is -2.22. The lowest BCUT2D eigenvalue weighted by atomic mass is 10.1. The van der Waals surface area contributed by atoms with Gasteiger partial charge in [0.1, 0.15) is 24.2 Å². The molecule has 0 saturated heterocycles. The molecule has 0 bridgehead atoms. The Morgan fingerprint density at radius 3 is 2.95 bits per heavy atom. The molecule has 2 unspecified atom stereocenters. The highest BCUT2D eigenvalue weighted by Crippen LogP contribution is 2.32. The van der Waals surface area contributed by atoms with Gasteiger partial charge in [0.05, 0.1) is 0 Å². The van der Waals surface area contributed by atoms with Gasteiger partial charge in [-0.25, -0.2) is 0 Å². The number of nitrogens with two attached hydrogens (primary N) is 1. The van der Waals surface area contributed by atoms with E-state index in [4.69, 9.17) is 15.2 Å². The van der Waals surface area contributed by atoms with Crippen LogP contribution in [0.4, 0.5) is 0 Å². The number of benzene rings is 2. The quantitative estimate of drug-likeness (QED) is 0.940. The van der Waals surface area contributed by atoms with Crippen molar-refractivity contribution in [1.82, 2.24) is 0 Å². The summed E-state index contributed by atoms with van der Waals surface area (Å²) in [6, 6.07) is 14.6. The molecule has 3 nitrogen and oxygen atoms in total. The monoisotopic (exact) mass is 281 g/mol. The summed E-state index contributed by atoms with van der Waals surface area (Å²) >= 11 is 0. The van der Waals surface area contributed by atoms with Gasteiger partial charge in [0.15, 0.2) is 0 Å². The molecule has 108 valence electrons. The van der Waals surface area contributed by atoms with Gasteiger partial charge in [-0.1, -0.05) is 24.3 Å². The normalized spacial score (nSPS) is 22.5. The van der Waals surface area contributed by atoms with Crippen LogP contribution in [0.5, 0.6) is 11.5 Å². The third-order valence-electron chi connectivity index (χ3n) is 4.39. The van der Waals surface area contributed by atoms with E-state index in [9.17, 15) is 0 Å². The highest BCUT2D eigenvalue weighted by Gasteiger charge is 2.23. The van der Waals surface area contributed by atoms with E-state index in [1.54, 1.807) is 0 Å². The lowest BCUT2D eigenvalue weighted by Gasteiger charge is -2.13. The van der Waals surface area contributed by atoms with Gasteiger partial charge in [-0.05, 0) is 47.7 Å². The Hall–Kier alpha value is -2.00. The Balaban J connectivity index is 1.40. The molecule has 2 atom stereocenters. The average Bonchev–Trinajstić information content (AvgIpc) is 3.08. The fourth-order valence-corrected chi connectivity index (χ4v) is 3.25. The van der Waals surface area contributed by atoms with Crippen LogP contribution >= 0.6 is 0 Å². The summed E-state index contributed by atoms with van der Waals surface area (Å²) in [5.41, 5.74) is 9.93. The second-order valence-corrected chi connectivity index (χ2v) is 5.87. The van der Waals surface area contributed by atoms with Gasteiger partial charge in [0.25, 0.3) is 0 Å². The Labute approximate surface area is 124 Å². The first kappa shape index (κ1) is 12.7. The topological polar surface area (TPSA) is 44.5 Å². The molecule has 1 aliphatic heterocycles. The van der Waals surface area contributed by atoms with Crippen molar-refractivity contribution in [2.24, 2.45) is 5.73 Å². The van der Waals surface area contributed by atoms with E-state index >= 15 is 0 Å². The molecular weight excluding hydrogens is 262 g/mol. The maximum absolute atomic E-state index is 6.06. The van der Waals surface area contributed by atoms with E-state index in [-0.39, 0.29) is 12.1 Å². The highest BCUT2D eigenvalue weighted by atomic mass is 16.5. The Morgan fingerprint density at radius 2 is 2.05 bits per heavy atom. The Bertz CT molecular complexity index is 643. The van der Waals surface area contributed by atoms with Crippen LogP contribution in [0.25, 0.3) is 0 Å². The molecule has 0 fully saturated rings. The molecule has 0 spiro atoms. The van der Waals surface area contributed by atoms with Crippen molar-refractivity contribution >= 4 is 0 Å². The number of aryl methyl sites for hydroxylation is 1. The third kappa shape index (κ3) is 2.38. The summed E-state index contributed by atoms with van der Waals surface area (Å²) < 4.78 is 11.8. The van der Waals surface area contributed by atoms with E-state index in [1.165, 1.54) is 16.7 Å². The number of hydrogen-bond acceptors (Lipinski definition) is 3. The number of para-hydroxylation sites is 1. The van der Waals surface area contributed by atoms with E-state index in [1.807, 2.05) is 18.2 Å². The zero-order valence-corrected chi connectivity index (χ0v) is 11.9. The van der Waals surface area contributed by atoms with Gasteiger partial charge in [-0.2, -0.15) is 0 Å². The second kappa shape index (κ2) is 5.08. The van der Waals surface area contributed by atoms with Crippen molar-refractivity contribution < 1.29 is 9.47 Å². The third-order valence-corrected chi connectivity index (χ3v) is 4.39. The highest BCUT2D eigenvalue weighted by molar-refractivity contribution is 5.41. The molecule has 0 radical (unpaired) electrons. The minimum Gasteiger partial charge on any atom is -0.490 e. The Kier molecular flexibility index (Phi) is 3.08. The molecule has 3 heteroatoms. The molecule has 0 amide bonds. The van der Waals surface area contributed by atoms with Gasteiger partial charge in [-0.15, -0.1) is 0 Å². The maximum Gasteiger partial charge on any atom is 0.137 e. The molecule has 0 aromatic heterocycles. The molecule has 2 N–H and O–H groups in total. The summed E-state index contributed by atoms with van der Waals surface area (Å²) in [6.45, 7) is 0.583. The van der Waals surface area contributed by atoms with Crippen molar-refractivity contribution in [2.45, 2.75) is 31.4 Å². The molecule has 1 heterocycles. The Morgan fingerprint density at radius 1 is 1.14 bits per heavy atom. The minimum atomic E-state index is 0.109. The fraction of sp³-hybridized carbons (Fsp3) is 0.333. The van der Waals surface area contributed by atoms with E-state index < -0.39 is 0 Å². The van der Waals surface area contributed by atoms with Crippen molar-refractivity contribution in [3.63, 3.8) is 0 Å². The summed E-state index contributed by atoms with van der Waals surface area (Å²) in [6.07, 6.45) is 3.13. The zero-order valence-electron chi connectivity index (χ0n) is 11.9. The van der Waals surface area contributed by atoms with Gasteiger partial charge in [0, 0.05) is 12.5 Å². The number of rotatable bonds is 3. The molecule has 2 aromatic rings. The summed E-state index contributed by atoms with van der Waals surface area (Å²) in [4.78, 5) is 0. The first-order chi connectivity index (χ1) is 10.3. The smallest absolute Gasteiger partial charge is 0.137 e. The van der Waals surface area contributed by atoms with Crippen molar-refractivity contribution in [1.29, 1.82) is 0 Å². The zero-order chi connectivity index (χ0) is 14.2. The summed E-state index contributed by atoms with van der Waals surface area (Å²) in [5, 5.41) is 0. The molecule has 0 saturated carbocycles. The van der Waals surface area contributed by atoms with Crippen LogP contribution in [0, 0.1) is 0 Å². The van der Waals surface area contributed by atoms with Crippen LogP contribution in [-0.2, 0) is 12.8 Å². The summed E-state index contributed by atoms with van der Waals surface area (Å²) in [5.74, 6) is 1.91. The second-order valence-electron chi connectivity index (χ2n) is 5.87. The molecule has 2 aliphatic rings. The minimum absolute atomic E-state index is 0.109. The fourth-order valence-electron chi connectivity index (χ4n) is 3.25. The number of ether oxygens (including phenoxy) is 2. The lowest BCUT2D eigenvalue weighted by molar-refractivity contribution is 0.148. The standard InChI is InChI=1S/C18H19NO2/c19-17-8-5-12-9-14(6-7-16(12)17)20-11-15-10-13-3-1-2-4-18(13)21-15/h1-4,6-7,9,15,17H,5,8,10-11,19H2. The van der Waals surface area contributed by atoms with Crippen LogP contribution in [-0.4, -0.2) is 12.7 Å². The largest absolute Gasteiger partial charge is 0.490 e. The molecular formula is C18H19NO2. The first-order valence-corrected chi connectivity index (χ1v) is 7.55. The van der Waals surface area contributed by atoms with E-state index in [2.05, 4.69) is 24.3 Å². The van der Waals surface area contributed by atoms with Crippen molar-refractivity contribution in [3.05, 3.63) is 59.2 Å². The molecule has 4 rings (SSSR count). The van der Waals surface area contributed by atoms with Crippen LogP contribution < -0.4 is 15.2 Å². The predicted molar refractivity (Wildman–Crippen MR) is 81.7 cm³/mol. The van der Waals surface area contributed by atoms with E-state index in [0.717, 1.165) is 30.8 Å². The first-order valence-electron chi connectivity index (χ1n) is 7.55. The molecule has 1 aliphatic carbocycles. The predicted octanol–water partition coefficient (Wildman–Crippen LogP) is 3.02. The average molecular weight is 281 g/mol. The van der Waals surface area contributed by atoms with Crippen LogP contribution in [0.3, 0.4) is 0 Å². The van der Waals surface area contributed by atoms with Crippen molar-refractivity contribution in [2.75, 3.05) is 6.61 Å². The summed E-state index contributed by atoms with van der Waals surface area (Å²) in [7, 11) is 0. The van der Waals surface area contributed by atoms with Crippen molar-refractivity contribution in [3.8, 4) is 11.5 Å². The molecule has 2 aromatic carbocycles. The number of fused-ring (bicyclic) bond motifs is 2. The van der Waals surface area contributed by atoms with Gasteiger partial charge in [-0.3, -0.25) is 0 Å². The van der Waals surface area contributed by atoms with Crippen LogP contribution in [0.2, 0.25) is 0 Å². The van der Waals surface area contributed by atoms with Crippen LogP contribution in [0.15, 0.2) is 42.5 Å². The van der Waals surface area contributed by atoms with Gasteiger partial charge in [0.2, 0.25) is 0 Å².